The highest BCUT2D eigenvalue weighted by molar-refractivity contribution is 5.88. The van der Waals surface area contributed by atoms with Gasteiger partial charge in [-0.15, -0.1) is 0 Å². The predicted molar refractivity (Wildman–Crippen MR) is 86.5 cm³/mol. The predicted octanol–water partition coefficient (Wildman–Crippen LogP) is 2.30. The van der Waals surface area contributed by atoms with E-state index in [0.29, 0.717) is 0 Å². The van der Waals surface area contributed by atoms with Crippen LogP contribution in [0.25, 0.3) is 0 Å². The SMILES string of the molecule is C[C@H](c1ccccc1)N1C(=O)CC(C(=O)OC(C)(C)C)C1CO. The number of rotatable bonds is 4. The highest BCUT2D eigenvalue weighted by Crippen LogP contribution is 2.34. The van der Waals surface area contributed by atoms with E-state index >= 15 is 0 Å². The second-order valence-corrected chi connectivity index (χ2v) is 6.98. The number of carbonyl (C=O) groups excluding carboxylic acids is 2. The summed E-state index contributed by atoms with van der Waals surface area (Å²) in [7, 11) is 0. The lowest BCUT2D eigenvalue weighted by Gasteiger charge is -2.32. The van der Waals surface area contributed by atoms with E-state index in [9.17, 15) is 14.7 Å². The highest BCUT2D eigenvalue weighted by Gasteiger charge is 2.46. The van der Waals surface area contributed by atoms with Crippen molar-refractivity contribution >= 4 is 11.9 Å². The Kier molecular flexibility index (Phi) is 5.09. The lowest BCUT2D eigenvalue weighted by Crippen LogP contribution is -2.42. The van der Waals surface area contributed by atoms with Gasteiger partial charge in [0.1, 0.15) is 5.60 Å². The lowest BCUT2D eigenvalue weighted by molar-refractivity contribution is -0.161. The van der Waals surface area contributed by atoms with E-state index in [4.69, 9.17) is 4.74 Å². The molecular weight excluding hydrogens is 294 g/mol. The van der Waals surface area contributed by atoms with Gasteiger partial charge < -0.3 is 14.7 Å². The molecule has 1 aromatic rings. The highest BCUT2D eigenvalue weighted by atomic mass is 16.6. The first-order chi connectivity index (χ1) is 10.7. The number of carbonyl (C=O) groups is 2. The van der Waals surface area contributed by atoms with E-state index < -0.39 is 23.5 Å². The van der Waals surface area contributed by atoms with Crippen molar-refractivity contribution in [2.24, 2.45) is 5.92 Å². The van der Waals surface area contributed by atoms with Gasteiger partial charge in [0.05, 0.1) is 24.6 Å². The minimum Gasteiger partial charge on any atom is -0.460 e. The summed E-state index contributed by atoms with van der Waals surface area (Å²) >= 11 is 0. The summed E-state index contributed by atoms with van der Waals surface area (Å²) < 4.78 is 5.41. The molecule has 23 heavy (non-hydrogen) atoms. The third kappa shape index (κ3) is 3.91. The average Bonchev–Trinajstić information content (AvgIpc) is 2.82. The molecule has 1 aromatic carbocycles. The number of benzene rings is 1. The molecule has 1 N–H and O–H groups in total. The number of amides is 1. The van der Waals surface area contributed by atoms with Crippen LogP contribution < -0.4 is 0 Å². The Balaban J connectivity index is 2.22. The molecule has 1 amide bonds. The molecule has 2 rings (SSSR count). The number of aliphatic hydroxyl groups is 1. The van der Waals surface area contributed by atoms with Crippen molar-refractivity contribution in [2.45, 2.75) is 51.8 Å². The number of aliphatic hydroxyl groups excluding tert-OH is 1. The molecule has 1 aliphatic rings. The van der Waals surface area contributed by atoms with Gasteiger partial charge in [-0.05, 0) is 33.3 Å². The Morgan fingerprint density at radius 3 is 2.48 bits per heavy atom. The van der Waals surface area contributed by atoms with Gasteiger partial charge in [0.2, 0.25) is 5.91 Å². The first-order valence-corrected chi connectivity index (χ1v) is 7.94. The van der Waals surface area contributed by atoms with Gasteiger partial charge in [-0.3, -0.25) is 9.59 Å². The van der Waals surface area contributed by atoms with Crippen LogP contribution >= 0.6 is 0 Å². The molecule has 0 spiro atoms. The second-order valence-electron chi connectivity index (χ2n) is 6.98. The first-order valence-electron chi connectivity index (χ1n) is 7.94. The van der Waals surface area contributed by atoms with E-state index in [2.05, 4.69) is 0 Å². The minimum absolute atomic E-state index is 0.0807. The van der Waals surface area contributed by atoms with Crippen molar-refractivity contribution in [1.29, 1.82) is 0 Å². The van der Waals surface area contributed by atoms with Crippen molar-refractivity contribution in [3.05, 3.63) is 35.9 Å². The number of ether oxygens (including phenoxy) is 1. The van der Waals surface area contributed by atoms with Gasteiger partial charge in [-0.2, -0.15) is 0 Å². The zero-order valence-corrected chi connectivity index (χ0v) is 14.2. The molecule has 1 aliphatic heterocycles. The summed E-state index contributed by atoms with van der Waals surface area (Å²) in [6, 6.07) is 8.85. The second kappa shape index (κ2) is 6.71. The summed E-state index contributed by atoms with van der Waals surface area (Å²) in [5, 5.41) is 9.77. The Morgan fingerprint density at radius 1 is 1.35 bits per heavy atom. The van der Waals surface area contributed by atoms with Crippen LogP contribution in [0, 0.1) is 5.92 Å². The molecule has 1 saturated heterocycles. The third-order valence-electron chi connectivity index (χ3n) is 4.10. The van der Waals surface area contributed by atoms with Crippen LogP contribution in [0.15, 0.2) is 30.3 Å². The van der Waals surface area contributed by atoms with Crippen LogP contribution in [-0.4, -0.2) is 40.1 Å². The minimum atomic E-state index is -0.627. The maximum Gasteiger partial charge on any atom is 0.312 e. The number of hydrogen-bond acceptors (Lipinski definition) is 4. The van der Waals surface area contributed by atoms with E-state index in [-0.39, 0.29) is 25.0 Å². The monoisotopic (exact) mass is 319 g/mol. The van der Waals surface area contributed by atoms with Gasteiger partial charge in [0, 0.05) is 6.42 Å². The van der Waals surface area contributed by atoms with Crippen molar-refractivity contribution < 1.29 is 19.4 Å². The van der Waals surface area contributed by atoms with E-state index in [0.717, 1.165) is 5.56 Å². The summed E-state index contributed by atoms with van der Waals surface area (Å²) in [5.41, 5.74) is 0.364. The Labute approximate surface area is 137 Å². The smallest absolute Gasteiger partial charge is 0.312 e. The Morgan fingerprint density at radius 2 is 1.96 bits per heavy atom. The molecule has 0 radical (unpaired) electrons. The molecule has 0 saturated carbocycles. The quantitative estimate of drug-likeness (QED) is 0.865. The Hall–Kier alpha value is -1.88. The summed E-state index contributed by atoms with van der Waals surface area (Å²) in [6.45, 7) is 7.03. The fourth-order valence-corrected chi connectivity index (χ4v) is 3.04. The zero-order chi connectivity index (χ0) is 17.2. The van der Waals surface area contributed by atoms with Gasteiger partial charge in [0.25, 0.3) is 0 Å². The largest absolute Gasteiger partial charge is 0.460 e. The maximum absolute atomic E-state index is 12.4. The first kappa shape index (κ1) is 17.5. The molecular formula is C18H25NO4. The van der Waals surface area contributed by atoms with Crippen LogP contribution in [-0.2, 0) is 14.3 Å². The van der Waals surface area contributed by atoms with Crippen LogP contribution in [0.1, 0.15) is 45.7 Å². The molecule has 1 heterocycles. The van der Waals surface area contributed by atoms with Crippen LogP contribution in [0.4, 0.5) is 0 Å². The molecule has 2 unspecified atom stereocenters. The summed E-state index contributed by atoms with van der Waals surface area (Å²) in [5.74, 6) is -1.18. The third-order valence-corrected chi connectivity index (χ3v) is 4.10. The van der Waals surface area contributed by atoms with Crippen LogP contribution in [0.3, 0.4) is 0 Å². The fraction of sp³-hybridized carbons (Fsp3) is 0.556. The molecule has 3 atom stereocenters. The van der Waals surface area contributed by atoms with Gasteiger partial charge in [-0.1, -0.05) is 30.3 Å². The Bertz CT molecular complexity index is 564. The average molecular weight is 319 g/mol. The molecule has 0 bridgehead atoms. The van der Waals surface area contributed by atoms with Crippen molar-refractivity contribution in [3.63, 3.8) is 0 Å². The van der Waals surface area contributed by atoms with E-state index in [1.807, 2.05) is 37.3 Å². The maximum atomic E-state index is 12.4. The van der Waals surface area contributed by atoms with Crippen LogP contribution in [0.5, 0.6) is 0 Å². The molecule has 0 aromatic heterocycles. The number of nitrogens with zero attached hydrogens (tertiary/aromatic N) is 1. The number of likely N-dealkylation sites (tertiary alicyclic amines) is 1. The molecule has 0 aliphatic carbocycles. The van der Waals surface area contributed by atoms with Crippen molar-refractivity contribution in [3.8, 4) is 0 Å². The number of esters is 1. The van der Waals surface area contributed by atoms with Crippen molar-refractivity contribution in [1.82, 2.24) is 4.90 Å². The number of hydrogen-bond donors (Lipinski definition) is 1. The standard InChI is InChI=1S/C18H25NO4/c1-12(13-8-6-5-7-9-13)19-15(11-20)14(10-16(19)21)17(22)23-18(2,3)4/h5-9,12,14-15,20H,10-11H2,1-4H3/t12-,14?,15?/m1/s1. The van der Waals surface area contributed by atoms with Crippen molar-refractivity contribution in [2.75, 3.05) is 6.61 Å². The molecule has 5 heteroatoms. The van der Waals surface area contributed by atoms with Crippen LogP contribution in [0.2, 0.25) is 0 Å². The molecule has 126 valence electrons. The van der Waals surface area contributed by atoms with E-state index in [1.165, 1.54) is 0 Å². The fourth-order valence-electron chi connectivity index (χ4n) is 3.04. The van der Waals surface area contributed by atoms with Gasteiger partial charge >= 0.3 is 5.97 Å². The lowest BCUT2D eigenvalue weighted by atomic mass is 9.99. The summed E-state index contributed by atoms with van der Waals surface area (Å²) in [4.78, 5) is 26.4. The molecule has 1 fully saturated rings. The molecule has 5 nitrogen and oxygen atoms in total. The topological polar surface area (TPSA) is 66.8 Å². The van der Waals surface area contributed by atoms with Gasteiger partial charge in [0.15, 0.2) is 0 Å². The summed E-state index contributed by atoms with van der Waals surface area (Å²) in [6.07, 6.45) is 0.0807. The normalized spacial score (nSPS) is 23.0. The van der Waals surface area contributed by atoms with E-state index in [1.54, 1.807) is 25.7 Å². The zero-order valence-electron chi connectivity index (χ0n) is 14.2. The van der Waals surface area contributed by atoms with Gasteiger partial charge in [-0.25, -0.2) is 0 Å².